The van der Waals surface area contributed by atoms with Gasteiger partial charge in [-0.2, -0.15) is 13.2 Å². The Bertz CT molecular complexity index is 543. The number of likely N-dealkylation sites (tertiary alicyclic amines) is 1. The van der Waals surface area contributed by atoms with Crippen molar-refractivity contribution in [2.75, 3.05) is 12.4 Å². The van der Waals surface area contributed by atoms with Crippen molar-refractivity contribution in [2.45, 2.75) is 25.1 Å². The van der Waals surface area contributed by atoms with Crippen LogP contribution in [-0.4, -0.2) is 29.8 Å². The fourth-order valence-corrected chi connectivity index (χ4v) is 2.17. The van der Waals surface area contributed by atoms with Crippen LogP contribution in [0.15, 0.2) is 24.3 Å². The fraction of sp³-hybridized carbons (Fsp3) is 0.385. The van der Waals surface area contributed by atoms with Crippen molar-refractivity contribution in [1.29, 1.82) is 0 Å². The first kappa shape index (κ1) is 14.4. The fourth-order valence-electron chi connectivity index (χ4n) is 2.17. The lowest BCUT2D eigenvalue weighted by Crippen LogP contribution is -2.39. The summed E-state index contributed by atoms with van der Waals surface area (Å²) in [5.41, 5.74) is -1.20. The van der Waals surface area contributed by atoms with Gasteiger partial charge in [0.1, 0.15) is 6.04 Å². The summed E-state index contributed by atoms with van der Waals surface area (Å²) in [7, 11) is 1.47. The number of nitrogens with zero attached hydrogens (tertiary/aromatic N) is 1. The first-order valence-corrected chi connectivity index (χ1v) is 6.03. The average Bonchev–Trinajstić information content (AvgIpc) is 2.69. The van der Waals surface area contributed by atoms with E-state index in [1.165, 1.54) is 30.1 Å². The van der Waals surface area contributed by atoms with Crippen molar-refractivity contribution >= 4 is 17.5 Å². The Balaban J connectivity index is 2.19. The molecule has 0 aromatic heterocycles. The summed E-state index contributed by atoms with van der Waals surface area (Å²) < 4.78 is 38.4. The molecule has 1 aliphatic rings. The zero-order valence-electron chi connectivity index (χ0n) is 10.7. The van der Waals surface area contributed by atoms with Gasteiger partial charge in [-0.25, -0.2) is 0 Å². The van der Waals surface area contributed by atoms with Crippen molar-refractivity contribution in [3.05, 3.63) is 29.8 Å². The highest BCUT2D eigenvalue weighted by Crippen LogP contribution is 2.34. The van der Waals surface area contributed by atoms with Crippen LogP contribution in [0.2, 0.25) is 0 Å². The smallest absolute Gasteiger partial charge is 0.334 e. The number of nitrogens with one attached hydrogen (secondary N) is 1. The monoisotopic (exact) mass is 286 g/mol. The van der Waals surface area contributed by atoms with Gasteiger partial charge < -0.3 is 10.2 Å². The number of alkyl halides is 3. The number of rotatable bonds is 2. The molecule has 1 atom stereocenters. The summed E-state index contributed by atoms with van der Waals surface area (Å²) in [5, 5.41) is 2.26. The van der Waals surface area contributed by atoms with Crippen LogP contribution in [0.5, 0.6) is 0 Å². The Morgan fingerprint density at radius 3 is 2.55 bits per heavy atom. The third-order valence-corrected chi connectivity index (χ3v) is 3.29. The van der Waals surface area contributed by atoms with Crippen molar-refractivity contribution in [3.63, 3.8) is 0 Å². The van der Waals surface area contributed by atoms with Crippen LogP contribution in [0, 0.1) is 0 Å². The van der Waals surface area contributed by atoms with Gasteiger partial charge >= 0.3 is 6.18 Å². The Morgan fingerprint density at radius 1 is 1.35 bits per heavy atom. The van der Waals surface area contributed by atoms with E-state index in [9.17, 15) is 22.8 Å². The third-order valence-electron chi connectivity index (χ3n) is 3.29. The van der Waals surface area contributed by atoms with Crippen molar-refractivity contribution in [3.8, 4) is 0 Å². The molecule has 1 aromatic rings. The van der Waals surface area contributed by atoms with Crippen molar-refractivity contribution < 1.29 is 22.8 Å². The maximum atomic E-state index is 12.8. The molecule has 0 saturated carbocycles. The lowest BCUT2D eigenvalue weighted by Gasteiger charge is -2.20. The highest BCUT2D eigenvalue weighted by molar-refractivity contribution is 5.99. The standard InChI is InChI=1S/C13H13F3N2O2/c1-18-10(6-7-11(18)19)12(20)17-9-5-3-2-4-8(9)13(14,15)16/h2-5,10H,6-7H2,1H3,(H,17,20). The summed E-state index contributed by atoms with van der Waals surface area (Å²) in [6, 6.07) is 4.04. The number of carbonyl (C=O) groups is 2. The normalized spacial score (nSPS) is 19.3. The molecule has 1 unspecified atom stereocenters. The first-order chi connectivity index (χ1) is 9.30. The van der Waals surface area contributed by atoms with Gasteiger partial charge in [0, 0.05) is 13.5 Å². The van der Waals surface area contributed by atoms with Gasteiger partial charge in [0.05, 0.1) is 11.3 Å². The summed E-state index contributed by atoms with van der Waals surface area (Å²) >= 11 is 0. The SMILES string of the molecule is CN1C(=O)CCC1C(=O)Nc1ccccc1C(F)(F)F. The number of halogens is 3. The van der Waals surface area contributed by atoms with Crippen molar-refractivity contribution in [2.24, 2.45) is 0 Å². The molecular formula is C13H13F3N2O2. The molecule has 0 spiro atoms. The summed E-state index contributed by atoms with van der Waals surface area (Å²) in [4.78, 5) is 24.6. The molecular weight excluding hydrogens is 273 g/mol. The Morgan fingerprint density at radius 2 is 2.00 bits per heavy atom. The molecule has 1 saturated heterocycles. The number of hydrogen-bond donors (Lipinski definition) is 1. The molecule has 20 heavy (non-hydrogen) atoms. The summed E-state index contributed by atoms with van der Waals surface area (Å²) in [6.45, 7) is 0. The van der Waals surface area contributed by atoms with Crippen LogP contribution in [0.4, 0.5) is 18.9 Å². The van der Waals surface area contributed by atoms with Crippen LogP contribution in [0.3, 0.4) is 0 Å². The summed E-state index contributed by atoms with van der Waals surface area (Å²) in [6.07, 6.45) is -3.99. The molecule has 0 radical (unpaired) electrons. The number of anilines is 1. The molecule has 1 heterocycles. The minimum Gasteiger partial charge on any atom is -0.334 e. The Kier molecular flexibility index (Phi) is 3.69. The average molecular weight is 286 g/mol. The molecule has 4 nitrogen and oxygen atoms in total. The predicted molar refractivity (Wildman–Crippen MR) is 65.9 cm³/mol. The third kappa shape index (κ3) is 2.76. The number of carbonyl (C=O) groups excluding carboxylic acids is 2. The van der Waals surface area contributed by atoms with E-state index in [1.54, 1.807) is 0 Å². The van der Waals surface area contributed by atoms with E-state index in [2.05, 4.69) is 5.32 Å². The molecule has 2 amide bonds. The molecule has 0 bridgehead atoms. The largest absolute Gasteiger partial charge is 0.418 e. The predicted octanol–water partition coefficient (Wildman–Crippen LogP) is 2.26. The van der Waals surface area contributed by atoms with Crippen LogP contribution >= 0.6 is 0 Å². The molecule has 2 rings (SSSR count). The number of benzene rings is 1. The molecule has 7 heteroatoms. The number of hydrogen-bond acceptors (Lipinski definition) is 2. The van der Waals surface area contributed by atoms with Gasteiger partial charge in [-0.3, -0.25) is 9.59 Å². The number of amides is 2. The number of para-hydroxylation sites is 1. The minimum atomic E-state index is -4.54. The maximum absolute atomic E-state index is 12.8. The first-order valence-electron chi connectivity index (χ1n) is 6.03. The van der Waals surface area contributed by atoms with Gasteiger partial charge in [0.15, 0.2) is 0 Å². The highest BCUT2D eigenvalue weighted by atomic mass is 19.4. The zero-order valence-corrected chi connectivity index (χ0v) is 10.7. The van der Waals surface area contributed by atoms with Crippen LogP contribution in [0.25, 0.3) is 0 Å². The molecule has 1 aliphatic heterocycles. The van der Waals surface area contributed by atoms with E-state index < -0.39 is 23.7 Å². The molecule has 1 aromatic carbocycles. The van der Waals surface area contributed by atoms with Crippen molar-refractivity contribution in [1.82, 2.24) is 4.90 Å². The molecule has 108 valence electrons. The van der Waals surface area contributed by atoms with Crippen LogP contribution in [-0.2, 0) is 15.8 Å². The second-order valence-corrected chi connectivity index (χ2v) is 4.59. The lowest BCUT2D eigenvalue weighted by atomic mass is 10.1. The van der Waals surface area contributed by atoms with Gasteiger partial charge in [0.25, 0.3) is 0 Å². The van der Waals surface area contributed by atoms with Gasteiger partial charge in [-0.1, -0.05) is 12.1 Å². The second-order valence-electron chi connectivity index (χ2n) is 4.59. The highest BCUT2D eigenvalue weighted by Gasteiger charge is 2.36. The van der Waals surface area contributed by atoms with E-state index in [0.717, 1.165) is 6.07 Å². The minimum absolute atomic E-state index is 0.186. The van der Waals surface area contributed by atoms with E-state index in [-0.39, 0.29) is 18.0 Å². The molecule has 0 aliphatic carbocycles. The summed E-state index contributed by atoms with van der Waals surface area (Å²) in [5.74, 6) is -0.788. The van der Waals surface area contributed by atoms with Gasteiger partial charge in [0.2, 0.25) is 11.8 Å². The lowest BCUT2D eigenvalue weighted by molar-refractivity contribution is -0.137. The van der Waals surface area contributed by atoms with Crippen LogP contribution in [0.1, 0.15) is 18.4 Å². The quantitative estimate of drug-likeness (QED) is 0.906. The topological polar surface area (TPSA) is 49.4 Å². The van der Waals surface area contributed by atoms with Gasteiger partial charge in [-0.15, -0.1) is 0 Å². The van der Waals surface area contributed by atoms with Gasteiger partial charge in [-0.05, 0) is 18.6 Å². The Labute approximate surface area is 113 Å². The van der Waals surface area contributed by atoms with Crippen LogP contribution < -0.4 is 5.32 Å². The maximum Gasteiger partial charge on any atom is 0.418 e. The van der Waals surface area contributed by atoms with E-state index in [1.807, 2.05) is 0 Å². The zero-order chi connectivity index (χ0) is 14.9. The van der Waals surface area contributed by atoms with E-state index >= 15 is 0 Å². The molecule has 1 N–H and O–H groups in total. The van der Waals surface area contributed by atoms with E-state index in [4.69, 9.17) is 0 Å². The Hall–Kier alpha value is -2.05. The second kappa shape index (κ2) is 5.15. The number of likely N-dealkylation sites (N-methyl/N-ethyl adjacent to an activating group) is 1. The molecule has 1 fully saturated rings. The van der Waals surface area contributed by atoms with E-state index in [0.29, 0.717) is 6.42 Å².